The summed E-state index contributed by atoms with van der Waals surface area (Å²) in [4.78, 5) is 2.47. The second-order valence-electron chi connectivity index (χ2n) is 4.99. The molecule has 1 aliphatic heterocycles. The van der Waals surface area contributed by atoms with Gasteiger partial charge in [0.1, 0.15) is 0 Å². The molecule has 16 heavy (non-hydrogen) atoms. The Hall–Kier alpha value is -0.160. The molecule has 0 spiro atoms. The van der Waals surface area contributed by atoms with Crippen molar-refractivity contribution in [2.75, 3.05) is 39.3 Å². The van der Waals surface area contributed by atoms with Gasteiger partial charge in [0, 0.05) is 44.8 Å². The molecule has 0 aromatic rings. The first-order valence-electron chi connectivity index (χ1n) is 6.61. The fourth-order valence-corrected chi connectivity index (χ4v) is 2.24. The van der Waals surface area contributed by atoms with Crippen LogP contribution in [-0.2, 0) is 0 Å². The quantitative estimate of drug-likeness (QED) is 0.537. The Kier molecular flexibility index (Phi) is 6.96. The van der Waals surface area contributed by atoms with E-state index in [9.17, 15) is 0 Å². The number of hydrogen-bond donors (Lipinski definition) is 3. The van der Waals surface area contributed by atoms with Crippen molar-refractivity contribution in [3.8, 4) is 0 Å². The Bertz CT molecular complexity index is 170. The van der Waals surface area contributed by atoms with Crippen LogP contribution in [0.4, 0.5) is 0 Å². The molecule has 0 bridgehead atoms. The molecular formula is C12H28N4. The molecule has 4 N–H and O–H groups in total. The molecule has 1 rings (SSSR count). The predicted octanol–water partition coefficient (Wildman–Crippen LogP) is -0.00290. The van der Waals surface area contributed by atoms with Gasteiger partial charge >= 0.3 is 0 Å². The van der Waals surface area contributed by atoms with Crippen molar-refractivity contribution in [3.05, 3.63) is 0 Å². The van der Waals surface area contributed by atoms with Gasteiger partial charge in [-0.1, -0.05) is 13.8 Å². The highest BCUT2D eigenvalue weighted by Gasteiger charge is 2.18. The second-order valence-corrected chi connectivity index (χ2v) is 4.99. The van der Waals surface area contributed by atoms with E-state index in [0.29, 0.717) is 12.1 Å². The number of nitrogens with zero attached hydrogens (tertiary/aromatic N) is 1. The Morgan fingerprint density at radius 3 is 2.88 bits per heavy atom. The number of rotatable bonds is 7. The summed E-state index contributed by atoms with van der Waals surface area (Å²) in [7, 11) is 0. The van der Waals surface area contributed by atoms with Crippen LogP contribution in [0.3, 0.4) is 0 Å². The fraction of sp³-hybridized carbons (Fsp3) is 1.00. The normalized spacial score (nSPS) is 22.9. The molecule has 0 amide bonds. The van der Waals surface area contributed by atoms with Gasteiger partial charge in [-0.15, -0.1) is 0 Å². The number of hydrogen-bond acceptors (Lipinski definition) is 4. The van der Waals surface area contributed by atoms with Gasteiger partial charge in [0.2, 0.25) is 0 Å². The summed E-state index contributed by atoms with van der Waals surface area (Å²) in [5.74, 6) is 0. The van der Waals surface area contributed by atoms with E-state index in [2.05, 4.69) is 29.4 Å². The minimum absolute atomic E-state index is 0.585. The summed E-state index contributed by atoms with van der Waals surface area (Å²) in [6.45, 7) is 10.7. The highest BCUT2D eigenvalue weighted by atomic mass is 15.2. The summed E-state index contributed by atoms with van der Waals surface area (Å²) < 4.78 is 0. The molecule has 1 fully saturated rings. The molecule has 0 radical (unpaired) electrons. The number of nitrogens with one attached hydrogen (secondary N) is 2. The molecule has 1 saturated heterocycles. The van der Waals surface area contributed by atoms with Crippen LogP contribution < -0.4 is 16.4 Å². The van der Waals surface area contributed by atoms with E-state index in [-0.39, 0.29) is 0 Å². The molecule has 1 heterocycles. The summed E-state index contributed by atoms with van der Waals surface area (Å²) in [6.07, 6.45) is 2.61. The largest absolute Gasteiger partial charge is 0.329 e. The molecule has 4 heteroatoms. The zero-order valence-electron chi connectivity index (χ0n) is 10.8. The summed E-state index contributed by atoms with van der Waals surface area (Å²) >= 11 is 0. The van der Waals surface area contributed by atoms with Crippen molar-refractivity contribution < 1.29 is 0 Å². The molecule has 0 aromatic carbocycles. The van der Waals surface area contributed by atoms with Gasteiger partial charge < -0.3 is 21.3 Å². The molecule has 1 unspecified atom stereocenters. The first-order valence-corrected chi connectivity index (χ1v) is 6.61. The van der Waals surface area contributed by atoms with Crippen molar-refractivity contribution in [1.82, 2.24) is 15.5 Å². The summed E-state index contributed by atoms with van der Waals surface area (Å²) in [5.41, 5.74) is 5.59. The van der Waals surface area contributed by atoms with Crippen LogP contribution in [0.2, 0.25) is 0 Å². The van der Waals surface area contributed by atoms with Gasteiger partial charge in [0.25, 0.3) is 0 Å². The van der Waals surface area contributed by atoms with Gasteiger partial charge in [-0.3, -0.25) is 0 Å². The predicted molar refractivity (Wildman–Crippen MR) is 69.7 cm³/mol. The summed E-state index contributed by atoms with van der Waals surface area (Å²) in [5, 5.41) is 7.05. The highest BCUT2D eigenvalue weighted by Crippen LogP contribution is 2.08. The Balaban J connectivity index is 2.07. The molecule has 0 aromatic heterocycles. The second kappa shape index (κ2) is 8.01. The smallest absolute Gasteiger partial charge is 0.0196 e. The maximum atomic E-state index is 5.59. The van der Waals surface area contributed by atoms with Crippen molar-refractivity contribution >= 4 is 0 Å². The van der Waals surface area contributed by atoms with Crippen LogP contribution in [-0.4, -0.2) is 56.3 Å². The standard InChI is InChI=1S/C12H28N4/c1-11(2)14-6-7-15-12-4-3-8-16(10-12)9-5-13/h11-12,14-15H,3-10,13H2,1-2H3. The van der Waals surface area contributed by atoms with E-state index >= 15 is 0 Å². The van der Waals surface area contributed by atoms with E-state index in [1.54, 1.807) is 0 Å². The first kappa shape index (κ1) is 13.9. The molecule has 1 atom stereocenters. The van der Waals surface area contributed by atoms with Gasteiger partial charge in [-0.25, -0.2) is 0 Å². The van der Waals surface area contributed by atoms with Crippen molar-refractivity contribution in [2.24, 2.45) is 5.73 Å². The third kappa shape index (κ3) is 5.80. The molecule has 4 nitrogen and oxygen atoms in total. The van der Waals surface area contributed by atoms with E-state index < -0.39 is 0 Å². The van der Waals surface area contributed by atoms with Crippen molar-refractivity contribution in [3.63, 3.8) is 0 Å². The van der Waals surface area contributed by atoms with E-state index in [4.69, 9.17) is 5.73 Å². The van der Waals surface area contributed by atoms with Crippen LogP contribution in [0.15, 0.2) is 0 Å². The first-order chi connectivity index (χ1) is 7.72. The topological polar surface area (TPSA) is 53.3 Å². The van der Waals surface area contributed by atoms with Crippen molar-refractivity contribution in [1.29, 1.82) is 0 Å². The minimum Gasteiger partial charge on any atom is -0.329 e. The number of piperidine rings is 1. The van der Waals surface area contributed by atoms with E-state index in [1.807, 2.05) is 0 Å². The number of likely N-dealkylation sites (tertiary alicyclic amines) is 1. The lowest BCUT2D eigenvalue weighted by Crippen LogP contribution is -2.48. The third-order valence-corrected chi connectivity index (χ3v) is 3.06. The van der Waals surface area contributed by atoms with Crippen LogP contribution in [0, 0.1) is 0 Å². The van der Waals surface area contributed by atoms with Crippen LogP contribution in [0.25, 0.3) is 0 Å². The van der Waals surface area contributed by atoms with E-state index in [0.717, 1.165) is 26.2 Å². The number of nitrogens with two attached hydrogens (primary N) is 1. The van der Waals surface area contributed by atoms with Gasteiger partial charge in [0.05, 0.1) is 0 Å². The lowest BCUT2D eigenvalue weighted by molar-refractivity contribution is 0.195. The van der Waals surface area contributed by atoms with Crippen LogP contribution in [0.5, 0.6) is 0 Å². The summed E-state index contributed by atoms with van der Waals surface area (Å²) in [6, 6.07) is 1.25. The molecular weight excluding hydrogens is 200 g/mol. The monoisotopic (exact) mass is 228 g/mol. The van der Waals surface area contributed by atoms with Crippen molar-refractivity contribution in [2.45, 2.75) is 38.8 Å². The zero-order valence-corrected chi connectivity index (χ0v) is 10.8. The average Bonchev–Trinajstić information content (AvgIpc) is 2.25. The Labute approximate surface area is 99.9 Å². The molecule has 96 valence electrons. The zero-order chi connectivity index (χ0) is 11.8. The maximum absolute atomic E-state index is 5.59. The SMILES string of the molecule is CC(C)NCCNC1CCCN(CCN)C1. The molecule has 0 aliphatic carbocycles. The fourth-order valence-electron chi connectivity index (χ4n) is 2.24. The van der Waals surface area contributed by atoms with Gasteiger partial charge in [-0.05, 0) is 19.4 Å². The van der Waals surface area contributed by atoms with Gasteiger partial charge in [0.15, 0.2) is 0 Å². The molecule has 1 aliphatic rings. The highest BCUT2D eigenvalue weighted by molar-refractivity contribution is 4.78. The van der Waals surface area contributed by atoms with Crippen LogP contribution in [0.1, 0.15) is 26.7 Å². The average molecular weight is 228 g/mol. The third-order valence-electron chi connectivity index (χ3n) is 3.06. The van der Waals surface area contributed by atoms with Crippen LogP contribution >= 0.6 is 0 Å². The lowest BCUT2D eigenvalue weighted by atomic mass is 10.1. The van der Waals surface area contributed by atoms with E-state index in [1.165, 1.54) is 25.9 Å². The lowest BCUT2D eigenvalue weighted by Gasteiger charge is -2.33. The molecule has 0 saturated carbocycles. The Morgan fingerprint density at radius 1 is 1.38 bits per heavy atom. The van der Waals surface area contributed by atoms with Gasteiger partial charge in [-0.2, -0.15) is 0 Å². The minimum atomic E-state index is 0.585. The maximum Gasteiger partial charge on any atom is 0.0196 e. The Morgan fingerprint density at radius 2 is 2.19 bits per heavy atom.